The first-order chi connectivity index (χ1) is 9.65. The van der Waals surface area contributed by atoms with Crippen molar-refractivity contribution in [2.75, 3.05) is 18.0 Å². The van der Waals surface area contributed by atoms with Crippen molar-refractivity contribution in [3.8, 4) is 0 Å². The van der Waals surface area contributed by atoms with Gasteiger partial charge in [-0.15, -0.1) is 0 Å². The van der Waals surface area contributed by atoms with Crippen LogP contribution in [0.5, 0.6) is 0 Å². The first kappa shape index (κ1) is 15.0. The Labute approximate surface area is 133 Å². The summed E-state index contributed by atoms with van der Waals surface area (Å²) in [4.78, 5) is 18.8. The number of ketones is 1. The summed E-state index contributed by atoms with van der Waals surface area (Å²) in [6.07, 6.45) is 1.65. The summed E-state index contributed by atoms with van der Waals surface area (Å²) < 4.78 is 1.06. The van der Waals surface area contributed by atoms with Crippen LogP contribution in [0.3, 0.4) is 0 Å². The van der Waals surface area contributed by atoms with Crippen LogP contribution in [0.25, 0.3) is 0 Å². The first-order valence-electron chi connectivity index (χ1n) is 6.67. The molecule has 1 heterocycles. The summed E-state index contributed by atoms with van der Waals surface area (Å²) >= 11 is 2.25. The quantitative estimate of drug-likeness (QED) is 0.585. The molecular formula is C16H17IN2O. The number of pyridine rings is 1. The van der Waals surface area contributed by atoms with Gasteiger partial charge >= 0.3 is 0 Å². The van der Waals surface area contributed by atoms with Crippen molar-refractivity contribution < 1.29 is 4.79 Å². The monoisotopic (exact) mass is 380 g/mol. The normalized spacial score (nSPS) is 10.3. The van der Waals surface area contributed by atoms with E-state index in [0.717, 1.165) is 22.3 Å². The minimum Gasteiger partial charge on any atom is -0.372 e. The Hall–Kier alpha value is -1.43. The van der Waals surface area contributed by atoms with E-state index in [1.165, 1.54) is 0 Å². The van der Waals surface area contributed by atoms with Gasteiger partial charge in [0.05, 0.1) is 0 Å². The maximum absolute atomic E-state index is 12.5. The predicted octanol–water partition coefficient (Wildman–Crippen LogP) is 3.76. The number of nitrogens with zero attached hydrogens (tertiary/aromatic N) is 2. The Morgan fingerprint density at radius 1 is 1.20 bits per heavy atom. The maximum atomic E-state index is 12.5. The van der Waals surface area contributed by atoms with Gasteiger partial charge in [-0.3, -0.25) is 9.78 Å². The lowest BCUT2D eigenvalue weighted by Gasteiger charge is -2.22. The summed E-state index contributed by atoms with van der Waals surface area (Å²) in [6.45, 7) is 6.08. The Morgan fingerprint density at radius 3 is 2.55 bits per heavy atom. The molecule has 1 aromatic heterocycles. The van der Waals surface area contributed by atoms with Gasteiger partial charge in [-0.25, -0.2) is 0 Å². The van der Waals surface area contributed by atoms with Crippen LogP contribution in [0.1, 0.15) is 29.9 Å². The highest BCUT2D eigenvalue weighted by Gasteiger charge is 2.13. The molecule has 0 saturated heterocycles. The summed E-state index contributed by atoms with van der Waals surface area (Å²) in [5, 5.41) is 0. The second-order valence-corrected chi connectivity index (χ2v) is 5.66. The molecule has 3 nitrogen and oxygen atoms in total. The van der Waals surface area contributed by atoms with Crippen molar-refractivity contribution in [3.63, 3.8) is 0 Å². The van der Waals surface area contributed by atoms with E-state index in [0.29, 0.717) is 11.3 Å². The number of rotatable bonds is 5. The van der Waals surface area contributed by atoms with Crippen molar-refractivity contribution in [2.45, 2.75) is 13.8 Å². The Morgan fingerprint density at radius 2 is 1.95 bits per heavy atom. The molecule has 2 rings (SSSR count). The highest BCUT2D eigenvalue weighted by molar-refractivity contribution is 14.1. The van der Waals surface area contributed by atoms with E-state index in [9.17, 15) is 4.79 Å². The minimum atomic E-state index is -0.0301. The molecule has 0 spiro atoms. The third-order valence-electron chi connectivity index (χ3n) is 3.17. The van der Waals surface area contributed by atoms with Crippen LogP contribution in [0.15, 0.2) is 42.6 Å². The van der Waals surface area contributed by atoms with Crippen LogP contribution in [-0.2, 0) is 0 Å². The fraction of sp³-hybridized carbons (Fsp3) is 0.250. The van der Waals surface area contributed by atoms with Gasteiger partial charge in [-0.2, -0.15) is 0 Å². The van der Waals surface area contributed by atoms with E-state index in [-0.39, 0.29) is 5.78 Å². The number of benzene rings is 1. The molecule has 0 unspecified atom stereocenters. The van der Waals surface area contributed by atoms with E-state index < -0.39 is 0 Å². The van der Waals surface area contributed by atoms with Crippen molar-refractivity contribution in [3.05, 3.63) is 57.4 Å². The largest absolute Gasteiger partial charge is 0.372 e. The predicted molar refractivity (Wildman–Crippen MR) is 90.4 cm³/mol. The molecule has 4 heteroatoms. The maximum Gasteiger partial charge on any atom is 0.211 e. The average Bonchev–Trinajstić information content (AvgIpc) is 2.48. The van der Waals surface area contributed by atoms with Crippen LogP contribution in [0, 0.1) is 3.57 Å². The molecule has 0 amide bonds. The summed E-state index contributed by atoms with van der Waals surface area (Å²) in [5.41, 5.74) is 2.26. The zero-order valence-corrected chi connectivity index (χ0v) is 13.8. The molecule has 0 fully saturated rings. The molecule has 0 aliphatic rings. The number of carbonyl (C=O) groups is 1. The molecule has 0 atom stereocenters. The van der Waals surface area contributed by atoms with Gasteiger partial charge in [0.15, 0.2) is 0 Å². The molecule has 0 saturated carbocycles. The smallest absolute Gasteiger partial charge is 0.211 e. The van der Waals surface area contributed by atoms with Crippen LogP contribution < -0.4 is 4.90 Å². The van der Waals surface area contributed by atoms with Gasteiger partial charge in [0.1, 0.15) is 5.69 Å². The first-order valence-corrected chi connectivity index (χ1v) is 7.74. The van der Waals surface area contributed by atoms with E-state index in [1.54, 1.807) is 12.3 Å². The van der Waals surface area contributed by atoms with E-state index in [4.69, 9.17) is 0 Å². The second-order valence-electron chi connectivity index (χ2n) is 4.41. The molecule has 0 N–H and O–H groups in total. The number of halogens is 1. The Bertz CT molecular complexity index is 595. The summed E-state index contributed by atoms with van der Waals surface area (Å²) in [5.74, 6) is -0.0301. The number of hydrogen-bond acceptors (Lipinski definition) is 3. The van der Waals surface area contributed by atoms with E-state index in [2.05, 4.69) is 52.4 Å². The van der Waals surface area contributed by atoms with Gasteiger partial charge in [0, 0.05) is 34.1 Å². The Kier molecular flexibility index (Phi) is 5.11. The highest BCUT2D eigenvalue weighted by Crippen LogP contribution is 2.22. The summed E-state index contributed by atoms with van der Waals surface area (Å²) in [7, 11) is 0. The summed E-state index contributed by atoms with van der Waals surface area (Å²) in [6, 6.07) is 11.4. The lowest BCUT2D eigenvalue weighted by atomic mass is 10.1. The molecule has 0 aliphatic heterocycles. The third-order valence-corrected chi connectivity index (χ3v) is 3.79. The molecule has 104 valence electrons. The Balaban J connectivity index is 2.40. The van der Waals surface area contributed by atoms with Crippen LogP contribution in [-0.4, -0.2) is 23.9 Å². The lowest BCUT2D eigenvalue weighted by molar-refractivity contribution is 0.103. The third kappa shape index (κ3) is 3.36. The van der Waals surface area contributed by atoms with Crippen molar-refractivity contribution >= 4 is 34.1 Å². The van der Waals surface area contributed by atoms with Gasteiger partial charge in [0.2, 0.25) is 5.78 Å². The topological polar surface area (TPSA) is 33.2 Å². The fourth-order valence-corrected chi connectivity index (χ4v) is 2.78. The SMILES string of the molecule is CCN(CC)c1cc(I)cc(C(=O)c2ccccn2)c1. The second kappa shape index (κ2) is 6.83. The molecule has 20 heavy (non-hydrogen) atoms. The number of aromatic nitrogens is 1. The zero-order chi connectivity index (χ0) is 14.5. The standard InChI is InChI=1S/C16H17IN2O/c1-3-19(4-2)14-10-12(9-13(17)11-14)16(20)15-7-5-6-8-18-15/h5-11H,3-4H2,1-2H3. The van der Waals surface area contributed by atoms with Gasteiger partial charge in [-0.05, 0) is 66.8 Å². The number of carbonyl (C=O) groups excluding carboxylic acids is 1. The van der Waals surface area contributed by atoms with Crippen LogP contribution in [0.4, 0.5) is 5.69 Å². The van der Waals surface area contributed by atoms with Gasteiger partial charge in [0.25, 0.3) is 0 Å². The van der Waals surface area contributed by atoms with Crippen molar-refractivity contribution in [1.82, 2.24) is 4.98 Å². The molecular weight excluding hydrogens is 363 g/mol. The van der Waals surface area contributed by atoms with Crippen molar-refractivity contribution in [2.24, 2.45) is 0 Å². The van der Waals surface area contributed by atoms with Crippen LogP contribution >= 0.6 is 22.6 Å². The minimum absolute atomic E-state index is 0.0301. The molecule has 1 aromatic carbocycles. The lowest BCUT2D eigenvalue weighted by Crippen LogP contribution is -2.22. The van der Waals surface area contributed by atoms with Gasteiger partial charge in [-0.1, -0.05) is 6.07 Å². The average molecular weight is 380 g/mol. The van der Waals surface area contributed by atoms with Crippen LogP contribution in [0.2, 0.25) is 0 Å². The number of hydrogen-bond donors (Lipinski definition) is 0. The van der Waals surface area contributed by atoms with E-state index in [1.807, 2.05) is 24.3 Å². The fourth-order valence-electron chi connectivity index (χ4n) is 2.12. The molecule has 2 aromatic rings. The molecule has 0 bridgehead atoms. The van der Waals surface area contributed by atoms with Crippen molar-refractivity contribution in [1.29, 1.82) is 0 Å². The molecule has 0 aliphatic carbocycles. The zero-order valence-electron chi connectivity index (χ0n) is 11.6. The van der Waals surface area contributed by atoms with E-state index >= 15 is 0 Å². The molecule has 0 radical (unpaired) electrons. The van der Waals surface area contributed by atoms with Gasteiger partial charge < -0.3 is 4.90 Å². The number of anilines is 1. The highest BCUT2D eigenvalue weighted by atomic mass is 127.